The average molecular weight is 798 g/mol. The van der Waals surface area contributed by atoms with Crippen molar-refractivity contribution < 1.29 is 0 Å². The molecule has 3 heteroatoms. The third kappa shape index (κ3) is 4.71. The molecule has 0 amide bonds. The van der Waals surface area contributed by atoms with Crippen molar-refractivity contribution in [2.24, 2.45) is 0 Å². The van der Waals surface area contributed by atoms with Crippen molar-refractivity contribution in [2.75, 3.05) is 0 Å². The van der Waals surface area contributed by atoms with Crippen molar-refractivity contribution in [1.82, 2.24) is 15.0 Å². The van der Waals surface area contributed by atoms with Crippen molar-refractivity contribution in [2.45, 2.75) is 5.41 Å². The third-order valence-electron chi connectivity index (χ3n) is 13.9. The zero-order valence-corrected chi connectivity index (χ0v) is 34.0. The lowest BCUT2D eigenvalue weighted by Crippen LogP contribution is -2.26. The molecular formula is C60H35N3. The molecule has 1 aromatic heterocycles. The van der Waals surface area contributed by atoms with Gasteiger partial charge in [-0.15, -0.1) is 0 Å². The van der Waals surface area contributed by atoms with Gasteiger partial charge in [0.1, 0.15) is 0 Å². The van der Waals surface area contributed by atoms with Crippen LogP contribution in [0.25, 0.3) is 110 Å². The fraction of sp³-hybridized carbons (Fsp3) is 0.0167. The molecule has 290 valence electrons. The van der Waals surface area contributed by atoms with Crippen LogP contribution in [0.3, 0.4) is 0 Å². The van der Waals surface area contributed by atoms with E-state index < -0.39 is 5.41 Å². The molecule has 0 N–H and O–H groups in total. The summed E-state index contributed by atoms with van der Waals surface area (Å²) in [4.78, 5) is 16.1. The number of hydrogen-bond acceptors (Lipinski definition) is 3. The topological polar surface area (TPSA) is 38.7 Å². The lowest BCUT2D eigenvalue weighted by Gasteiger charge is -2.31. The third-order valence-corrected chi connectivity index (χ3v) is 13.9. The highest BCUT2D eigenvalue weighted by Crippen LogP contribution is 2.64. The summed E-state index contributed by atoms with van der Waals surface area (Å²) in [5, 5.41) is 12.2. The predicted molar refractivity (Wildman–Crippen MR) is 260 cm³/mol. The summed E-state index contributed by atoms with van der Waals surface area (Å²) < 4.78 is 0. The van der Waals surface area contributed by atoms with E-state index in [-0.39, 0.29) is 0 Å². The molecule has 2 aliphatic carbocycles. The molecule has 12 aromatic rings. The van der Waals surface area contributed by atoms with Crippen molar-refractivity contribution >= 4 is 53.9 Å². The maximum Gasteiger partial charge on any atom is 0.164 e. The molecule has 0 bridgehead atoms. The molecule has 1 atom stereocenters. The molecule has 1 heterocycles. The maximum atomic E-state index is 5.39. The van der Waals surface area contributed by atoms with Gasteiger partial charge in [-0.1, -0.05) is 194 Å². The molecule has 2 aliphatic rings. The van der Waals surface area contributed by atoms with Gasteiger partial charge in [-0.2, -0.15) is 0 Å². The zero-order valence-electron chi connectivity index (χ0n) is 34.0. The van der Waals surface area contributed by atoms with Crippen LogP contribution in [0.4, 0.5) is 0 Å². The van der Waals surface area contributed by atoms with Gasteiger partial charge in [-0.3, -0.25) is 0 Å². The molecule has 0 saturated heterocycles. The number of aromatic nitrogens is 3. The highest BCUT2D eigenvalue weighted by Gasteiger charge is 2.52. The normalized spacial score (nSPS) is 14.7. The standard InChI is InChI=1S/C60H35N3/c1-3-19-39-36(15-1)17-13-27-48(39)58-61-57(62-59(63-58)49-28-14-18-37-16-2-4-20-40(37)49)38-31-32-47-45-25-9-11-29-53(45)60(55(47)33-38)54-30-12-10-26-46(54)52-34-50-43-23-7-5-21-41(43)42-22-6-8-24-44(42)51(50)35-56(52)60/h1-35H. The minimum Gasteiger partial charge on any atom is -0.208 e. The molecule has 1 spiro atoms. The molecule has 0 saturated carbocycles. The highest BCUT2D eigenvalue weighted by molar-refractivity contribution is 6.26. The van der Waals surface area contributed by atoms with Crippen LogP contribution in [0, 0.1) is 0 Å². The number of nitrogens with zero attached hydrogens (tertiary/aromatic N) is 3. The number of benzene rings is 11. The Balaban J connectivity index is 1.07. The van der Waals surface area contributed by atoms with Crippen LogP contribution in [0.5, 0.6) is 0 Å². The first-order valence-electron chi connectivity index (χ1n) is 21.7. The van der Waals surface area contributed by atoms with Gasteiger partial charge in [0.15, 0.2) is 17.5 Å². The lowest BCUT2D eigenvalue weighted by molar-refractivity contribution is 0.795. The molecule has 0 radical (unpaired) electrons. The molecule has 1 unspecified atom stereocenters. The predicted octanol–water partition coefficient (Wildman–Crippen LogP) is 15.0. The van der Waals surface area contributed by atoms with Gasteiger partial charge in [0.05, 0.1) is 5.41 Å². The SMILES string of the molecule is c1ccc2c(c1)-c1ccc(-c3nc(-c4cccc5ccccc45)nc(-c4cccc5ccccc45)n3)cc1C21c2ccccc2-c2cc3c4ccccc4c4ccccc4c3cc21. The van der Waals surface area contributed by atoms with Crippen LogP contribution in [-0.2, 0) is 5.41 Å². The monoisotopic (exact) mass is 797 g/mol. The van der Waals surface area contributed by atoms with Crippen molar-refractivity contribution in [3.63, 3.8) is 0 Å². The quantitative estimate of drug-likeness (QED) is 0.167. The molecule has 3 nitrogen and oxygen atoms in total. The summed E-state index contributed by atoms with van der Waals surface area (Å²) in [7, 11) is 0. The van der Waals surface area contributed by atoms with Crippen molar-refractivity contribution in [3.05, 3.63) is 235 Å². The van der Waals surface area contributed by atoms with Crippen LogP contribution in [-0.4, -0.2) is 15.0 Å². The van der Waals surface area contributed by atoms with E-state index in [1.165, 1.54) is 76.8 Å². The molecule has 63 heavy (non-hydrogen) atoms. The first kappa shape index (κ1) is 34.4. The molecular weight excluding hydrogens is 763 g/mol. The second kappa shape index (κ2) is 12.9. The second-order valence-corrected chi connectivity index (χ2v) is 17.0. The van der Waals surface area contributed by atoms with E-state index in [4.69, 9.17) is 15.0 Å². The summed E-state index contributed by atoms with van der Waals surface area (Å²) in [5.41, 5.74) is 12.5. The van der Waals surface area contributed by atoms with Gasteiger partial charge in [0.25, 0.3) is 0 Å². The Bertz CT molecular complexity index is 3830. The van der Waals surface area contributed by atoms with Gasteiger partial charge >= 0.3 is 0 Å². The number of fused-ring (bicyclic) bond motifs is 18. The van der Waals surface area contributed by atoms with Crippen molar-refractivity contribution in [1.29, 1.82) is 0 Å². The van der Waals surface area contributed by atoms with E-state index in [0.29, 0.717) is 17.5 Å². The number of hydrogen-bond donors (Lipinski definition) is 0. The van der Waals surface area contributed by atoms with Crippen LogP contribution in [0.1, 0.15) is 22.3 Å². The Morgan fingerprint density at radius 3 is 1.22 bits per heavy atom. The molecule has 14 rings (SSSR count). The summed E-state index contributed by atoms with van der Waals surface area (Å²) in [6.45, 7) is 0. The van der Waals surface area contributed by atoms with E-state index >= 15 is 0 Å². The fourth-order valence-electron chi connectivity index (χ4n) is 11.3. The van der Waals surface area contributed by atoms with E-state index in [2.05, 4.69) is 212 Å². The van der Waals surface area contributed by atoms with Gasteiger partial charge in [-0.25, -0.2) is 15.0 Å². The first-order chi connectivity index (χ1) is 31.2. The summed E-state index contributed by atoms with van der Waals surface area (Å²) in [6, 6.07) is 77.5. The zero-order chi connectivity index (χ0) is 41.2. The lowest BCUT2D eigenvalue weighted by atomic mass is 9.70. The second-order valence-electron chi connectivity index (χ2n) is 17.0. The number of rotatable bonds is 3. The molecule has 11 aromatic carbocycles. The Kier molecular flexibility index (Phi) is 7.04. The molecule has 0 fully saturated rings. The Labute approximate surface area is 363 Å². The first-order valence-corrected chi connectivity index (χ1v) is 21.7. The van der Waals surface area contributed by atoms with E-state index in [1.54, 1.807) is 0 Å². The Morgan fingerprint density at radius 1 is 0.238 bits per heavy atom. The van der Waals surface area contributed by atoms with Crippen LogP contribution in [0.2, 0.25) is 0 Å². The van der Waals surface area contributed by atoms with Crippen LogP contribution < -0.4 is 0 Å². The van der Waals surface area contributed by atoms with Crippen LogP contribution >= 0.6 is 0 Å². The Hall–Kier alpha value is -8.27. The van der Waals surface area contributed by atoms with E-state index in [9.17, 15) is 0 Å². The average Bonchev–Trinajstić information content (AvgIpc) is 3.82. The largest absolute Gasteiger partial charge is 0.208 e. The van der Waals surface area contributed by atoms with E-state index in [0.717, 1.165) is 38.2 Å². The minimum absolute atomic E-state index is 0.571. The minimum atomic E-state index is -0.571. The maximum absolute atomic E-state index is 5.39. The summed E-state index contributed by atoms with van der Waals surface area (Å²) >= 11 is 0. The smallest absolute Gasteiger partial charge is 0.164 e. The summed E-state index contributed by atoms with van der Waals surface area (Å²) in [5.74, 6) is 1.95. The summed E-state index contributed by atoms with van der Waals surface area (Å²) in [6.07, 6.45) is 0. The molecule has 0 aliphatic heterocycles. The van der Waals surface area contributed by atoms with Crippen LogP contribution in [0.15, 0.2) is 212 Å². The fourth-order valence-corrected chi connectivity index (χ4v) is 11.3. The van der Waals surface area contributed by atoms with E-state index in [1.807, 2.05) is 0 Å². The van der Waals surface area contributed by atoms with Gasteiger partial charge < -0.3 is 0 Å². The Morgan fingerprint density at radius 2 is 0.635 bits per heavy atom. The van der Waals surface area contributed by atoms with Crippen molar-refractivity contribution in [3.8, 4) is 56.4 Å². The van der Waals surface area contributed by atoms with Gasteiger partial charge in [0, 0.05) is 16.7 Å². The van der Waals surface area contributed by atoms with Gasteiger partial charge in [-0.05, 0) is 117 Å². The van der Waals surface area contributed by atoms with Gasteiger partial charge in [0.2, 0.25) is 0 Å². The highest BCUT2D eigenvalue weighted by atomic mass is 15.0.